The Morgan fingerprint density at radius 1 is 1.50 bits per heavy atom. The Morgan fingerprint density at radius 3 is 2.72 bits per heavy atom. The molecular formula is C12H17NO4S. The predicted octanol–water partition coefficient (Wildman–Crippen LogP) is 1.74. The van der Waals surface area contributed by atoms with E-state index >= 15 is 0 Å². The molecule has 1 rings (SSSR count). The van der Waals surface area contributed by atoms with Crippen LogP contribution in [0.25, 0.3) is 0 Å². The monoisotopic (exact) mass is 271 g/mol. The largest absolute Gasteiger partial charge is 0.477 e. The highest BCUT2D eigenvalue weighted by molar-refractivity contribution is 7.12. The molecule has 0 radical (unpaired) electrons. The van der Waals surface area contributed by atoms with E-state index in [1.165, 1.54) is 18.4 Å². The second-order valence-corrected chi connectivity index (χ2v) is 5.48. The highest BCUT2D eigenvalue weighted by Gasteiger charge is 2.28. The van der Waals surface area contributed by atoms with Gasteiger partial charge in [-0.15, -0.1) is 11.3 Å². The zero-order valence-corrected chi connectivity index (χ0v) is 11.5. The van der Waals surface area contributed by atoms with Crippen molar-refractivity contribution < 1.29 is 19.4 Å². The number of carboxylic acid groups (broad SMARTS) is 1. The van der Waals surface area contributed by atoms with Gasteiger partial charge in [-0.1, -0.05) is 0 Å². The minimum absolute atomic E-state index is 0.293. The van der Waals surface area contributed by atoms with Crippen molar-refractivity contribution in [2.45, 2.75) is 20.4 Å². The Kier molecular flexibility index (Phi) is 4.86. The average molecular weight is 271 g/mol. The van der Waals surface area contributed by atoms with Gasteiger partial charge in [0.05, 0.1) is 12.5 Å². The molecule has 6 heteroatoms. The van der Waals surface area contributed by atoms with Gasteiger partial charge < -0.3 is 15.2 Å². The standard InChI is InChI=1S/C12H17NO4S/c1-12(2,11(16)17-3)7-13-6-8-4-5-18-9(8)10(14)15/h4-5,13H,6-7H2,1-3H3,(H,14,15). The summed E-state index contributed by atoms with van der Waals surface area (Å²) in [7, 11) is 1.35. The lowest BCUT2D eigenvalue weighted by molar-refractivity contribution is -0.150. The minimum Gasteiger partial charge on any atom is -0.477 e. The molecule has 0 aliphatic rings. The third-order valence-electron chi connectivity index (χ3n) is 2.56. The van der Waals surface area contributed by atoms with Gasteiger partial charge in [0.15, 0.2) is 0 Å². The fourth-order valence-corrected chi connectivity index (χ4v) is 2.28. The number of methoxy groups -OCH3 is 1. The molecule has 0 bridgehead atoms. The highest BCUT2D eigenvalue weighted by atomic mass is 32.1. The molecule has 0 fully saturated rings. The third kappa shape index (κ3) is 3.54. The fourth-order valence-electron chi connectivity index (χ4n) is 1.52. The van der Waals surface area contributed by atoms with Gasteiger partial charge >= 0.3 is 11.9 Å². The van der Waals surface area contributed by atoms with Gasteiger partial charge in [-0.25, -0.2) is 4.79 Å². The summed E-state index contributed by atoms with van der Waals surface area (Å²) in [6.45, 7) is 4.40. The molecule has 0 aliphatic carbocycles. The molecule has 100 valence electrons. The number of carbonyl (C=O) groups excluding carboxylic acids is 1. The number of aromatic carboxylic acids is 1. The smallest absolute Gasteiger partial charge is 0.346 e. The quantitative estimate of drug-likeness (QED) is 0.771. The molecule has 0 unspecified atom stereocenters. The van der Waals surface area contributed by atoms with Crippen molar-refractivity contribution in [3.8, 4) is 0 Å². The minimum atomic E-state index is -0.922. The van der Waals surface area contributed by atoms with Crippen molar-refractivity contribution in [1.29, 1.82) is 0 Å². The van der Waals surface area contributed by atoms with Crippen LogP contribution in [0.1, 0.15) is 29.1 Å². The summed E-state index contributed by atoms with van der Waals surface area (Å²) in [5.41, 5.74) is 0.0990. The summed E-state index contributed by atoms with van der Waals surface area (Å²) in [6.07, 6.45) is 0. The number of carboxylic acids is 1. The molecule has 1 heterocycles. The number of nitrogens with one attached hydrogen (secondary N) is 1. The summed E-state index contributed by atoms with van der Waals surface area (Å²) >= 11 is 1.20. The van der Waals surface area contributed by atoms with Crippen molar-refractivity contribution in [3.05, 3.63) is 21.9 Å². The molecule has 18 heavy (non-hydrogen) atoms. The van der Waals surface area contributed by atoms with E-state index in [9.17, 15) is 9.59 Å². The van der Waals surface area contributed by atoms with E-state index in [0.29, 0.717) is 18.0 Å². The molecule has 5 nitrogen and oxygen atoms in total. The Balaban J connectivity index is 2.54. The summed E-state index contributed by atoms with van der Waals surface area (Å²) in [5.74, 6) is -1.21. The maximum absolute atomic E-state index is 11.4. The summed E-state index contributed by atoms with van der Waals surface area (Å²) < 4.78 is 4.69. The molecule has 0 aliphatic heterocycles. The van der Waals surface area contributed by atoms with E-state index in [1.807, 2.05) is 0 Å². The lowest BCUT2D eigenvalue weighted by atomic mass is 9.94. The number of rotatable bonds is 6. The van der Waals surface area contributed by atoms with Crippen LogP contribution in [0.2, 0.25) is 0 Å². The first-order valence-corrected chi connectivity index (χ1v) is 6.35. The number of thiophene rings is 1. The van der Waals surface area contributed by atoms with Crippen LogP contribution in [-0.2, 0) is 16.1 Å². The van der Waals surface area contributed by atoms with Crippen molar-refractivity contribution in [1.82, 2.24) is 5.32 Å². The summed E-state index contributed by atoms with van der Waals surface area (Å²) in [4.78, 5) is 22.7. The van der Waals surface area contributed by atoms with E-state index in [0.717, 1.165) is 5.56 Å². The van der Waals surface area contributed by atoms with Crippen LogP contribution in [0.4, 0.5) is 0 Å². The van der Waals surface area contributed by atoms with Crippen LogP contribution in [0.15, 0.2) is 11.4 Å². The first kappa shape index (κ1) is 14.7. The topological polar surface area (TPSA) is 75.6 Å². The molecule has 0 spiro atoms. The highest BCUT2D eigenvalue weighted by Crippen LogP contribution is 2.18. The zero-order chi connectivity index (χ0) is 13.8. The molecule has 0 saturated carbocycles. The first-order valence-electron chi connectivity index (χ1n) is 5.47. The SMILES string of the molecule is COC(=O)C(C)(C)CNCc1ccsc1C(=O)O. The molecule has 1 aromatic rings. The van der Waals surface area contributed by atoms with Gasteiger partial charge in [-0.3, -0.25) is 4.79 Å². The van der Waals surface area contributed by atoms with Crippen molar-refractivity contribution in [3.63, 3.8) is 0 Å². The van der Waals surface area contributed by atoms with Gasteiger partial charge in [0.1, 0.15) is 4.88 Å². The average Bonchev–Trinajstić information content (AvgIpc) is 2.76. The van der Waals surface area contributed by atoms with Crippen molar-refractivity contribution in [2.24, 2.45) is 5.41 Å². The summed E-state index contributed by atoms with van der Waals surface area (Å²) in [5, 5.41) is 13.8. The van der Waals surface area contributed by atoms with E-state index < -0.39 is 11.4 Å². The van der Waals surface area contributed by atoms with Crippen LogP contribution < -0.4 is 5.32 Å². The molecule has 0 atom stereocenters. The maximum atomic E-state index is 11.4. The maximum Gasteiger partial charge on any atom is 0.346 e. The molecular weight excluding hydrogens is 254 g/mol. The van der Waals surface area contributed by atoms with Crippen LogP contribution >= 0.6 is 11.3 Å². The van der Waals surface area contributed by atoms with Gasteiger partial charge in [0.2, 0.25) is 0 Å². The van der Waals surface area contributed by atoms with E-state index in [-0.39, 0.29) is 5.97 Å². The number of hydrogen-bond donors (Lipinski definition) is 2. The van der Waals surface area contributed by atoms with E-state index in [2.05, 4.69) is 5.32 Å². The lowest BCUT2D eigenvalue weighted by Gasteiger charge is -2.21. The molecule has 2 N–H and O–H groups in total. The lowest BCUT2D eigenvalue weighted by Crippen LogP contribution is -2.36. The fraction of sp³-hybridized carbons (Fsp3) is 0.500. The molecule has 0 aromatic carbocycles. The van der Waals surface area contributed by atoms with Crippen molar-refractivity contribution >= 4 is 23.3 Å². The van der Waals surface area contributed by atoms with E-state index in [1.54, 1.807) is 25.3 Å². The van der Waals surface area contributed by atoms with Gasteiger partial charge in [-0.2, -0.15) is 0 Å². The second kappa shape index (κ2) is 5.97. The number of carbonyl (C=O) groups is 2. The molecule has 0 saturated heterocycles. The van der Waals surface area contributed by atoms with Crippen molar-refractivity contribution in [2.75, 3.05) is 13.7 Å². The van der Waals surface area contributed by atoms with Crippen LogP contribution in [-0.4, -0.2) is 30.7 Å². The van der Waals surface area contributed by atoms with Crippen LogP contribution in [0, 0.1) is 5.41 Å². The van der Waals surface area contributed by atoms with Gasteiger partial charge in [-0.05, 0) is 30.9 Å². The number of esters is 1. The molecule has 0 amide bonds. The Labute approximate surface area is 110 Å². The van der Waals surface area contributed by atoms with E-state index in [4.69, 9.17) is 9.84 Å². The molecule has 1 aromatic heterocycles. The van der Waals surface area contributed by atoms with Crippen LogP contribution in [0.5, 0.6) is 0 Å². The normalized spacial score (nSPS) is 11.3. The number of hydrogen-bond acceptors (Lipinski definition) is 5. The Bertz CT molecular complexity index is 439. The van der Waals surface area contributed by atoms with Crippen LogP contribution in [0.3, 0.4) is 0 Å². The first-order chi connectivity index (χ1) is 8.38. The Morgan fingerprint density at radius 2 is 2.17 bits per heavy atom. The number of ether oxygens (including phenoxy) is 1. The third-order valence-corrected chi connectivity index (χ3v) is 3.51. The van der Waals surface area contributed by atoms with Gasteiger partial charge in [0.25, 0.3) is 0 Å². The van der Waals surface area contributed by atoms with Gasteiger partial charge in [0, 0.05) is 13.1 Å². The Hall–Kier alpha value is -1.40. The zero-order valence-electron chi connectivity index (χ0n) is 10.6. The summed E-state index contributed by atoms with van der Waals surface area (Å²) in [6, 6.07) is 1.77. The predicted molar refractivity (Wildman–Crippen MR) is 68.8 cm³/mol. The second-order valence-electron chi connectivity index (χ2n) is 4.56.